The fraction of sp³-hybridized carbons (Fsp3) is 0.500. The van der Waals surface area contributed by atoms with Gasteiger partial charge in [-0.25, -0.2) is 8.42 Å². The van der Waals surface area contributed by atoms with Gasteiger partial charge in [-0.05, 0) is 61.6 Å². The highest BCUT2D eigenvalue weighted by molar-refractivity contribution is 7.92. The summed E-state index contributed by atoms with van der Waals surface area (Å²) in [4.78, 5) is 28.8. The SMILES string of the molecule is CCC(C(=O)NC1CCCCC1)N(Cc1ccc(Cl)cc1)C(=O)CN(c1cc(C)ccc1OC)S(C)(=O)=O. The molecular formula is C28H38ClN3O5S. The first kappa shape index (κ1) is 29.8. The highest BCUT2D eigenvalue weighted by Gasteiger charge is 2.33. The maximum absolute atomic E-state index is 13.9. The van der Waals surface area contributed by atoms with Crippen LogP contribution in [0.2, 0.25) is 5.02 Å². The minimum Gasteiger partial charge on any atom is -0.495 e. The number of carbonyl (C=O) groups is 2. The number of ether oxygens (including phenoxy) is 1. The molecule has 0 bridgehead atoms. The molecule has 1 atom stereocenters. The number of hydrogen-bond donors (Lipinski definition) is 1. The molecule has 2 aromatic carbocycles. The Morgan fingerprint density at radius 1 is 1.11 bits per heavy atom. The lowest BCUT2D eigenvalue weighted by Gasteiger charge is -2.34. The van der Waals surface area contributed by atoms with Crippen LogP contribution in [0.15, 0.2) is 42.5 Å². The van der Waals surface area contributed by atoms with Crippen molar-refractivity contribution in [2.45, 2.75) is 71.0 Å². The Hall–Kier alpha value is -2.78. The fourth-order valence-corrected chi connectivity index (χ4v) is 5.81. The van der Waals surface area contributed by atoms with Crippen LogP contribution in [0.1, 0.15) is 56.6 Å². The van der Waals surface area contributed by atoms with Crippen molar-refractivity contribution in [1.82, 2.24) is 10.2 Å². The van der Waals surface area contributed by atoms with Crippen LogP contribution < -0.4 is 14.4 Å². The van der Waals surface area contributed by atoms with Gasteiger partial charge in [-0.1, -0.05) is 56.0 Å². The number of sulfonamides is 1. The molecular weight excluding hydrogens is 526 g/mol. The second kappa shape index (κ2) is 13.3. The molecule has 0 aromatic heterocycles. The lowest BCUT2D eigenvalue weighted by Crippen LogP contribution is -2.54. The summed E-state index contributed by atoms with van der Waals surface area (Å²) in [6.07, 6.45) is 6.57. The Morgan fingerprint density at radius 2 is 1.76 bits per heavy atom. The van der Waals surface area contributed by atoms with E-state index in [4.69, 9.17) is 16.3 Å². The van der Waals surface area contributed by atoms with E-state index in [9.17, 15) is 18.0 Å². The predicted octanol–water partition coefficient (Wildman–Crippen LogP) is 4.68. The van der Waals surface area contributed by atoms with E-state index in [2.05, 4.69) is 5.32 Å². The van der Waals surface area contributed by atoms with Gasteiger partial charge in [-0.2, -0.15) is 0 Å². The number of aryl methyl sites for hydroxylation is 1. The van der Waals surface area contributed by atoms with Gasteiger partial charge in [0.1, 0.15) is 18.3 Å². The molecule has 1 aliphatic rings. The molecule has 2 amide bonds. The lowest BCUT2D eigenvalue weighted by molar-refractivity contribution is -0.140. The largest absolute Gasteiger partial charge is 0.495 e. The van der Waals surface area contributed by atoms with E-state index >= 15 is 0 Å². The number of nitrogens with zero attached hydrogens (tertiary/aromatic N) is 2. The summed E-state index contributed by atoms with van der Waals surface area (Å²) in [6.45, 7) is 3.35. The average molecular weight is 564 g/mol. The summed E-state index contributed by atoms with van der Waals surface area (Å²) in [5.41, 5.74) is 1.87. The van der Waals surface area contributed by atoms with Gasteiger partial charge in [0.2, 0.25) is 21.8 Å². The molecule has 1 unspecified atom stereocenters. The lowest BCUT2D eigenvalue weighted by atomic mass is 9.95. The highest BCUT2D eigenvalue weighted by Crippen LogP contribution is 2.31. The number of benzene rings is 2. The minimum atomic E-state index is -3.86. The van der Waals surface area contributed by atoms with E-state index in [0.717, 1.165) is 53.8 Å². The maximum atomic E-state index is 13.9. The molecule has 208 valence electrons. The second-order valence-electron chi connectivity index (χ2n) is 9.86. The Bertz CT molecular complexity index is 1210. The van der Waals surface area contributed by atoms with Crippen LogP contribution in [0.3, 0.4) is 0 Å². The molecule has 38 heavy (non-hydrogen) atoms. The van der Waals surface area contributed by atoms with Crippen molar-refractivity contribution in [3.8, 4) is 5.75 Å². The number of nitrogens with one attached hydrogen (secondary N) is 1. The Balaban J connectivity index is 1.95. The number of halogens is 1. The smallest absolute Gasteiger partial charge is 0.244 e. The van der Waals surface area contributed by atoms with Crippen LogP contribution in [0, 0.1) is 6.92 Å². The molecule has 0 heterocycles. The minimum absolute atomic E-state index is 0.0851. The standard InChI is InChI=1S/C28H38ClN3O5S/c1-5-24(28(34)30-23-9-7-6-8-10-23)31(18-21-12-14-22(29)15-13-21)27(33)19-32(38(4,35)36)25-17-20(2)11-16-26(25)37-3/h11-17,23-24H,5-10,18-19H2,1-4H3,(H,30,34). The number of methoxy groups -OCH3 is 1. The quantitative estimate of drug-likeness (QED) is 0.428. The van der Waals surface area contributed by atoms with Gasteiger partial charge in [0.25, 0.3) is 0 Å². The van der Waals surface area contributed by atoms with Crippen molar-refractivity contribution >= 4 is 39.1 Å². The number of rotatable bonds is 11. The summed E-state index contributed by atoms with van der Waals surface area (Å²) in [5.74, 6) is -0.375. The van der Waals surface area contributed by atoms with Gasteiger partial charge in [-0.15, -0.1) is 0 Å². The first-order chi connectivity index (χ1) is 18.0. The second-order valence-corrected chi connectivity index (χ2v) is 12.2. The summed E-state index contributed by atoms with van der Waals surface area (Å²) < 4.78 is 32.3. The van der Waals surface area contributed by atoms with Crippen LogP contribution in [-0.2, 0) is 26.2 Å². The zero-order valence-corrected chi connectivity index (χ0v) is 24.1. The Kier molecular flexibility index (Phi) is 10.4. The molecule has 2 aromatic rings. The zero-order valence-electron chi connectivity index (χ0n) is 22.6. The van der Waals surface area contributed by atoms with E-state index in [1.54, 1.807) is 42.5 Å². The molecule has 1 saturated carbocycles. The van der Waals surface area contributed by atoms with E-state index in [0.29, 0.717) is 17.2 Å². The summed E-state index contributed by atoms with van der Waals surface area (Å²) >= 11 is 6.06. The van der Waals surface area contributed by atoms with E-state index in [1.165, 1.54) is 12.0 Å². The van der Waals surface area contributed by atoms with Crippen molar-refractivity contribution in [2.24, 2.45) is 0 Å². The van der Waals surface area contributed by atoms with Gasteiger partial charge in [-0.3, -0.25) is 13.9 Å². The maximum Gasteiger partial charge on any atom is 0.244 e. The third kappa shape index (κ3) is 7.86. The predicted molar refractivity (Wildman–Crippen MR) is 151 cm³/mol. The third-order valence-corrected chi connectivity index (χ3v) is 8.26. The first-order valence-corrected chi connectivity index (χ1v) is 15.2. The fourth-order valence-electron chi connectivity index (χ4n) is 4.84. The van der Waals surface area contributed by atoms with Gasteiger partial charge in [0.05, 0.1) is 19.1 Å². The van der Waals surface area contributed by atoms with Gasteiger partial charge < -0.3 is 15.0 Å². The molecule has 1 aliphatic carbocycles. The molecule has 3 rings (SSSR count). The molecule has 8 nitrogen and oxygen atoms in total. The Morgan fingerprint density at radius 3 is 2.34 bits per heavy atom. The molecule has 0 radical (unpaired) electrons. The van der Waals surface area contributed by atoms with Crippen LogP contribution >= 0.6 is 11.6 Å². The van der Waals surface area contributed by atoms with Crippen molar-refractivity contribution in [1.29, 1.82) is 0 Å². The monoisotopic (exact) mass is 563 g/mol. The molecule has 10 heteroatoms. The summed E-state index contributed by atoms with van der Waals surface area (Å²) in [5, 5.41) is 3.69. The summed E-state index contributed by atoms with van der Waals surface area (Å²) in [6, 6.07) is 11.5. The van der Waals surface area contributed by atoms with Gasteiger partial charge in [0.15, 0.2) is 0 Å². The Labute approximate surface area is 231 Å². The topological polar surface area (TPSA) is 96.0 Å². The van der Waals surface area contributed by atoms with Crippen molar-refractivity contribution < 1.29 is 22.7 Å². The summed E-state index contributed by atoms with van der Waals surface area (Å²) in [7, 11) is -2.41. The third-order valence-electron chi connectivity index (χ3n) is 6.89. The average Bonchev–Trinajstić information content (AvgIpc) is 2.88. The van der Waals surface area contributed by atoms with Crippen molar-refractivity contribution in [3.05, 3.63) is 58.6 Å². The van der Waals surface area contributed by atoms with Crippen molar-refractivity contribution in [2.75, 3.05) is 24.2 Å². The zero-order chi connectivity index (χ0) is 27.9. The highest BCUT2D eigenvalue weighted by atomic mass is 35.5. The normalized spacial score (nSPS) is 15.0. The van der Waals surface area contributed by atoms with E-state index < -0.39 is 28.5 Å². The van der Waals surface area contributed by atoms with Gasteiger partial charge >= 0.3 is 0 Å². The first-order valence-electron chi connectivity index (χ1n) is 13.0. The molecule has 0 aliphatic heterocycles. The molecule has 0 spiro atoms. The van der Waals surface area contributed by atoms with Crippen LogP contribution in [0.25, 0.3) is 0 Å². The van der Waals surface area contributed by atoms with Crippen LogP contribution in [-0.4, -0.2) is 57.1 Å². The van der Waals surface area contributed by atoms with Crippen LogP contribution in [0.4, 0.5) is 5.69 Å². The van der Waals surface area contributed by atoms with Crippen molar-refractivity contribution in [3.63, 3.8) is 0 Å². The number of carbonyl (C=O) groups excluding carboxylic acids is 2. The van der Waals surface area contributed by atoms with Gasteiger partial charge in [0, 0.05) is 17.6 Å². The molecule has 1 fully saturated rings. The van der Waals surface area contributed by atoms with E-state index in [1.807, 2.05) is 13.8 Å². The van der Waals surface area contributed by atoms with Crippen LogP contribution in [0.5, 0.6) is 5.75 Å². The van der Waals surface area contributed by atoms with E-state index in [-0.39, 0.29) is 24.2 Å². The molecule has 0 saturated heterocycles. The number of hydrogen-bond acceptors (Lipinski definition) is 5. The number of amides is 2. The molecule has 1 N–H and O–H groups in total. The number of anilines is 1.